The minimum atomic E-state index is -0.260. The van der Waals surface area contributed by atoms with Crippen LogP contribution in [0.3, 0.4) is 0 Å². The van der Waals surface area contributed by atoms with Gasteiger partial charge in [0.25, 0.3) is 0 Å². The van der Waals surface area contributed by atoms with Gasteiger partial charge in [-0.2, -0.15) is 0 Å². The van der Waals surface area contributed by atoms with Crippen molar-refractivity contribution >= 4 is 27.5 Å². The van der Waals surface area contributed by atoms with Gasteiger partial charge in [-0.25, -0.2) is 0 Å². The van der Waals surface area contributed by atoms with Crippen molar-refractivity contribution in [2.75, 3.05) is 5.32 Å². The lowest BCUT2D eigenvalue weighted by Gasteiger charge is -2.24. The van der Waals surface area contributed by atoms with Gasteiger partial charge in [-0.15, -0.1) is 0 Å². The SMILES string of the molecule is Cc1cc(Br)ccc1NC(C)C(=O)NC(C)(C)C. The number of hydrogen-bond acceptors (Lipinski definition) is 2. The zero-order valence-corrected chi connectivity index (χ0v) is 13.2. The lowest BCUT2D eigenvalue weighted by Crippen LogP contribution is -2.47. The molecule has 0 aliphatic rings. The van der Waals surface area contributed by atoms with E-state index in [1.165, 1.54) is 0 Å². The third kappa shape index (κ3) is 4.69. The molecule has 1 rings (SSSR count). The minimum Gasteiger partial charge on any atom is -0.374 e. The van der Waals surface area contributed by atoms with E-state index in [2.05, 4.69) is 26.6 Å². The molecule has 0 heterocycles. The molecule has 1 amide bonds. The average molecular weight is 313 g/mol. The highest BCUT2D eigenvalue weighted by molar-refractivity contribution is 9.10. The molecule has 3 nitrogen and oxygen atoms in total. The van der Waals surface area contributed by atoms with Crippen molar-refractivity contribution in [3.8, 4) is 0 Å². The Morgan fingerprint density at radius 1 is 1.33 bits per heavy atom. The van der Waals surface area contributed by atoms with Crippen molar-refractivity contribution < 1.29 is 4.79 Å². The molecule has 100 valence electrons. The van der Waals surface area contributed by atoms with Gasteiger partial charge < -0.3 is 10.6 Å². The molecule has 0 aromatic heterocycles. The Balaban J connectivity index is 2.69. The molecule has 4 heteroatoms. The van der Waals surface area contributed by atoms with E-state index in [0.29, 0.717) is 0 Å². The Morgan fingerprint density at radius 2 is 1.94 bits per heavy atom. The predicted octanol–water partition coefficient (Wildman–Crippen LogP) is 3.47. The molecule has 0 aliphatic carbocycles. The van der Waals surface area contributed by atoms with Gasteiger partial charge in [-0.1, -0.05) is 15.9 Å². The van der Waals surface area contributed by atoms with Gasteiger partial charge in [-0.05, 0) is 58.4 Å². The standard InChI is InChI=1S/C14H21BrN2O/c1-9-8-11(15)6-7-12(9)16-10(2)13(18)17-14(3,4)5/h6-8,10,16H,1-5H3,(H,17,18). The Hall–Kier alpha value is -1.03. The number of benzene rings is 1. The third-order valence-corrected chi connectivity index (χ3v) is 2.95. The van der Waals surface area contributed by atoms with Gasteiger partial charge in [-0.3, -0.25) is 4.79 Å². The van der Waals surface area contributed by atoms with Crippen molar-refractivity contribution in [3.05, 3.63) is 28.2 Å². The zero-order valence-electron chi connectivity index (χ0n) is 11.6. The first-order valence-electron chi connectivity index (χ1n) is 6.04. The van der Waals surface area contributed by atoms with Crippen LogP contribution in [-0.2, 0) is 4.79 Å². The molecule has 1 unspecified atom stereocenters. The van der Waals surface area contributed by atoms with Crippen LogP contribution in [0.15, 0.2) is 22.7 Å². The summed E-state index contributed by atoms with van der Waals surface area (Å²) < 4.78 is 1.04. The van der Waals surface area contributed by atoms with Crippen LogP contribution in [0.25, 0.3) is 0 Å². The van der Waals surface area contributed by atoms with Crippen LogP contribution in [0.1, 0.15) is 33.3 Å². The summed E-state index contributed by atoms with van der Waals surface area (Å²) in [6, 6.07) is 5.70. The first kappa shape index (κ1) is 15.0. The third-order valence-electron chi connectivity index (χ3n) is 2.45. The molecule has 0 saturated carbocycles. The second kappa shape index (κ2) is 5.74. The Morgan fingerprint density at radius 3 is 2.44 bits per heavy atom. The summed E-state index contributed by atoms with van der Waals surface area (Å²) in [6.07, 6.45) is 0. The fourth-order valence-electron chi connectivity index (χ4n) is 1.57. The van der Waals surface area contributed by atoms with E-state index in [4.69, 9.17) is 0 Å². The normalized spacial score (nSPS) is 13.0. The van der Waals surface area contributed by atoms with Gasteiger partial charge in [0.1, 0.15) is 6.04 Å². The number of carbonyl (C=O) groups is 1. The Kier molecular flexibility index (Phi) is 4.79. The number of aryl methyl sites for hydroxylation is 1. The van der Waals surface area contributed by atoms with Crippen molar-refractivity contribution in [3.63, 3.8) is 0 Å². The summed E-state index contributed by atoms with van der Waals surface area (Å²) >= 11 is 3.42. The summed E-state index contributed by atoms with van der Waals surface area (Å²) in [5, 5.41) is 6.19. The summed E-state index contributed by atoms with van der Waals surface area (Å²) in [5.41, 5.74) is 1.89. The van der Waals surface area contributed by atoms with Crippen LogP contribution in [-0.4, -0.2) is 17.5 Å². The van der Waals surface area contributed by atoms with Gasteiger partial charge in [0.2, 0.25) is 5.91 Å². The number of rotatable bonds is 3. The molecule has 18 heavy (non-hydrogen) atoms. The average Bonchev–Trinajstić information content (AvgIpc) is 2.19. The van der Waals surface area contributed by atoms with E-state index in [-0.39, 0.29) is 17.5 Å². The largest absolute Gasteiger partial charge is 0.374 e. The predicted molar refractivity (Wildman–Crippen MR) is 79.9 cm³/mol. The number of anilines is 1. The van der Waals surface area contributed by atoms with E-state index in [1.807, 2.05) is 52.8 Å². The molecular formula is C14H21BrN2O. The molecule has 1 aromatic carbocycles. The fraction of sp³-hybridized carbons (Fsp3) is 0.500. The van der Waals surface area contributed by atoms with E-state index in [9.17, 15) is 4.79 Å². The lowest BCUT2D eigenvalue weighted by atomic mass is 10.1. The van der Waals surface area contributed by atoms with E-state index in [1.54, 1.807) is 0 Å². The highest BCUT2D eigenvalue weighted by Crippen LogP contribution is 2.20. The first-order valence-corrected chi connectivity index (χ1v) is 6.83. The molecule has 0 aliphatic heterocycles. The molecule has 0 radical (unpaired) electrons. The Labute approximate surface area is 117 Å². The Bertz CT molecular complexity index is 438. The van der Waals surface area contributed by atoms with Crippen LogP contribution in [0.4, 0.5) is 5.69 Å². The van der Waals surface area contributed by atoms with Crippen molar-refractivity contribution in [2.45, 2.75) is 46.2 Å². The van der Waals surface area contributed by atoms with Crippen molar-refractivity contribution in [1.29, 1.82) is 0 Å². The van der Waals surface area contributed by atoms with Crippen LogP contribution in [0, 0.1) is 6.92 Å². The van der Waals surface area contributed by atoms with Gasteiger partial charge in [0.05, 0.1) is 0 Å². The quantitative estimate of drug-likeness (QED) is 0.897. The van der Waals surface area contributed by atoms with E-state index < -0.39 is 0 Å². The number of halogens is 1. The minimum absolute atomic E-state index is 0.00446. The van der Waals surface area contributed by atoms with Crippen molar-refractivity contribution in [1.82, 2.24) is 5.32 Å². The topological polar surface area (TPSA) is 41.1 Å². The van der Waals surface area contributed by atoms with E-state index >= 15 is 0 Å². The number of nitrogens with one attached hydrogen (secondary N) is 2. The number of amides is 1. The summed E-state index contributed by atoms with van der Waals surface area (Å²) in [4.78, 5) is 12.0. The van der Waals surface area contributed by atoms with Gasteiger partial charge in [0.15, 0.2) is 0 Å². The molecule has 1 atom stereocenters. The lowest BCUT2D eigenvalue weighted by molar-refractivity contribution is -0.122. The molecule has 2 N–H and O–H groups in total. The highest BCUT2D eigenvalue weighted by Gasteiger charge is 2.19. The maximum absolute atomic E-state index is 12.0. The van der Waals surface area contributed by atoms with Gasteiger partial charge in [0, 0.05) is 15.7 Å². The molecule has 0 fully saturated rings. The van der Waals surface area contributed by atoms with Crippen LogP contribution < -0.4 is 10.6 Å². The van der Waals surface area contributed by atoms with Crippen LogP contribution in [0.2, 0.25) is 0 Å². The molecular weight excluding hydrogens is 292 g/mol. The molecule has 1 aromatic rings. The second-order valence-electron chi connectivity index (χ2n) is 5.56. The van der Waals surface area contributed by atoms with Crippen LogP contribution >= 0.6 is 15.9 Å². The van der Waals surface area contributed by atoms with Crippen LogP contribution in [0.5, 0.6) is 0 Å². The first-order chi connectivity index (χ1) is 8.19. The maximum Gasteiger partial charge on any atom is 0.242 e. The summed E-state index contributed by atoms with van der Waals surface area (Å²) in [5.74, 6) is 0.00446. The monoisotopic (exact) mass is 312 g/mol. The fourth-order valence-corrected chi connectivity index (χ4v) is 2.04. The number of hydrogen-bond donors (Lipinski definition) is 2. The van der Waals surface area contributed by atoms with E-state index in [0.717, 1.165) is 15.7 Å². The second-order valence-corrected chi connectivity index (χ2v) is 6.48. The smallest absolute Gasteiger partial charge is 0.242 e. The molecule has 0 spiro atoms. The summed E-state index contributed by atoms with van der Waals surface area (Å²) in [6.45, 7) is 9.80. The molecule has 0 bridgehead atoms. The molecule has 0 saturated heterocycles. The highest BCUT2D eigenvalue weighted by atomic mass is 79.9. The van der Waals surface area contributed by atoms with Gasteiger partial charge >= 0.3 is 0 Å². The van der Waals surface area contributed by atoms with Crippen molar-refractivity contribution in [2.24, 2.45) is 0 Å². The zero-order chi connectivity index (χ0) is 13.9. The summed E-state index contributed by atoms with van der Waals surface area (Å²) in [7, 11) is 0. The number of carbonyl (C=O) groups excluding carboxylic acids is 1. The maximum atomic E-state index is 12.0.